The van der Waals surface area contributed by atoms with Crippen LogP contribution in [0.15, 0.2) is 47.8 Å². The number of carbonyl (C=O) groups is 1. The van der Waals surface area contributed by atoms with E-state index in [1.165, 1.54) is 17.8 Å². The third kappa shape index (κ3) is 5.53. The van der Waals surface area contributed by atoms with Crippen LogP contribution >= 0.6 is 11.3 Å². The van der Waals surface area contributed by atoms with Crippen LogP contribution in [-0.4, -0.2) is 38.8 Å². The van der Waals surface area contributed by atoms with E-state index < -0.39 is 0 Å². The predicted octanol–water partition coefficient (Wildman–Crippen LogP) is 5.99. The van der Waals surface area contributed by atoms with Crippen LogP contribution < -0.4 is 19.1 Å². The number of nitrogens with zero attached hydrogens (tertiary/aromatic N) is 2. The van der Waals surface area contributed by atoms with Crippen LogP contribution in [0.1, 0.15) is 37.7 Å². The summed E-state index contributed by atoms with van der Waals surface area (Å²) in [6.45, 7) is 0.570. The maximum absolute atomic E-state index is 13.6. The second-order valence-corrected chi connectivity index (χ2v) is 9.34. The summed E-state index contributed by atoms with van der Waals surface area (Å²) in [4.78, 5) is 20.4. The summed E-state index contributed by atoms with van der Waals surface area (Å²) in [7, 11) is 4.92. The third-order valence-corrected chi connectivity index (χ3v) is 7.26. The first-order valence-corrected chi connectivity index (χ1v) is 12.6. The number of hydrogen-bond donors (Lipinski definition) is 0. The van der Waals surface area contributed by atoms with E-state index in [-0.39, 0.29) is 11.8 Å². The van der Waals surface area contributed by atoms with Crippen molar-refractivity contribution in [1.29, 1.82) is 0 Å². The van der Waals surface area contributed by atoms with E-state index in [1.807, 2.05) is 52.7 Å². The lowest BCUT2D eigenvalue weighted by Crippen LogP contribution is -2.38. The zero-order valence-corrected chi connectivity index (χ0v) is 20.9. The molecule has 1 saturated carbocycles. The van der Waals surface area contributed by atoms with Crippen LogP contribution in [-0.2, 0) is 11.2 Å². The lowest BCUT2D eigenvalue weighted by molar-refractivity contribution is -0.123. The molecule has 0 spiro atoms. The Morgan fingerprint density at radius 1 is 0.971 bits per heavy atom. The molecule has 6 nitrogen and oxygen atoms in total. The molecule has 0 aliphatic heterocycles. The van der Waals surface area contributed by atoms with E-state index in [4.69, 9.17) is 19.2 Å². The maximum atomic E-state index is 13.6. The monoisotopic (exact) mass is 480 g/mol. The summed E-state index contributed by atoms with van der Waals surface area (Å²) in [6, 6.07) is 13.8. The van der Waals surface area contributed by atoms with E-state index >= 15 is 0 Å². The Hall–Kier alpha value is -3.06. The van der Waals surface area contributed by atoms with Gasteiger partial charge in [0.2, 0.25) is 5.91 Å². The Bertz CT molecular complexity index is 1090. The van der Waals surface area contributed by atoms with Gasteiger partial charge in [-0.25, -0.2) is 4.98 Å². The average molecular weight is 481 g/mol. The first kappa shape index (κ1) is 24.1. The van der Waals surface area contributed by atoms with Gasteiger partial charge in [-0.3, -0.25) is 9.69 Å². The topological polar surface area (TPSA) is 60.9 Å². The molecule has 0 atom stereocenters. The Kier molecular flexibility index (Phi) is 8.06. The van der Waals surface area contributed by atoms with Crippen molar-refractivity contribution in [3.8, 4) is 28.5 Å². The Labute approximate surface area is 205 Å². The number of aromatic nitrogens is 1. The fraction of sp³-hybridized carbons (Fsp3) is 0.407. The van der Waals surface area contributed by atoms with Crippen LogP contribution in [0.4, 0.5) is 5.13 Å². The second kappa shape index (κ2) is 11.4. The van der Waals surface area contributed by atoms with Gasteiger partial charge in [-0.1, -0.05) is 25.3 Å². The van der Waals surface area contributed by atoms with E-state index in [9.17, 15) is 4.79 Å². The molecule has 1 amide bonds. The minimum Gasteiger partial charge on any atom is -0.497 e. The number of anilines is 1. The molecule has 0 N–H and O–H groups in total. The zero-order chi connectivity index (χ0) is 23.9. The number of thiazole rings is 1. The van der Waals surface area contributed by atoms with Gasteiger partial charge in [0.25, 0.3) is 0 Å². The van der Waals surface area contributed by atoms with E-state index in [2.05, 4.69) is 0 Å². The van der Waals surface area contributed by atoms with Crippen molar-refractivity contribution in [1.82, 2.24) is 4.98 Å². The first-order valence-electron chi connectivity index (χ1n) is 11.7. The van der Waals surface area contributed by atoms with Gasteiger partial charge in [0.1, 0.15) is 5.75 Å². The number of rotatable bonds is 9. The van der Waals surface area contributed by atoms with Crippen molar-refractivity contribution < 1.29 is 19.0 Å². The summed E-state index contributed by atoms with van der Waals surface area (Å²) in [6.07, 6.45) is 6.08. The normalized spacial score (nSPS) is 14.0. The molecule has 0 saturated heterocycles. The number of carbonyl (C=O) groups excluding carboxylic acids is 1. The molecule has 0 bridgehead atoms. The standard InChI is InChI=1S/C27H32N2O4S/c1-31-22-12-10-20(11-13-22)23-18-34-27(28-23)29(26(30)21-7-5-4-6-8-21)16-15-19-9-14-24(32-2)25(17-19)33-3/h9-14,17-18,21H,4-8,15-16H2,1-3H3. The number of methoxy groups -OCH3 is 3. The fourth-order valence-corrected chi connectivity index (χ4v) is 5.30. The largest absolute Gasteiger partial charge is 0.497 e. The van der Waals surface area contributed by atoms with Gasteiger partial charge in [0.15, 0.2) is 16.6 Å². The Morgan fingerprint density at radius 3 is 2.38 bits per heavy atom. The number of ether oxygens (including phenoxy) is 3. The van der Waals surface area contributed by atoms with Gasteiger partial charge in [-0.05, 0) is 61.2 Å². The van der Waals surface area contributed by atoms with Crippen LogP contribution in [0.5, 0.6) is 17.2 Å². The molecule has 2 aromatic carbocycles. The molecular formula is C27H32N2O4S. The molecule has 1 fully saturated rings. The van der Waals surface area contributed by atoms with Crippen molar-refractivity contribution in [2.75, 3.05) is 32.8 Å². The maximum Gasteiger partial charge on any atom is 0.231 e. The minimum absolute atomic E-state index is 0.0764. The average Bonchev–Trinajstić information content (AvgIpc) is 3.39. The minimum atomic E-state index is 0.0764. The molecule has 0 radical (unpaired) electrons. The fourth-order valence-electron chi connectivity index (χ4n) is 4.43. The molecule has 4 rings (SSSR count). The van der Waals surface area contributed by atoms with E-state index in [0.29, 0.717) is 24.5 Å². The predicted molar refractivity (Wildman–Crippen MR) is 136 cm³/mol. The van der Waals surface area contributed by atoms with Crippen molar-refractivity contribution >= 4 is 22.4 Å². The van der Waals surface area contributed by atoms with Crippen LogP contribution in [0.3, 0.4) is 0 Å². The van der Waals surface area contributed by atoms with Gasteiger partial charge >= 0.3 is 0 Å². The summed E-state index contributed by atoms with van der Waals surface area (Å²) in [5.74, 6) is 2.47. The van der Waals surface area contributed by atoms with Gasteiger partial charge in [-0.2, -0.15) is 0 Å². The lowest BCUT2D eigenvalue weighted by Gasteiger charge is -2.28. The van der Waals surface area contributed by atoms with Crippen LogP contribution in [0.25, 0.3) is 11.3 Å². The second-order valence-electron chi connectivity index (χ2n) is 8.51. The van der Waals surface area contributed by atoms with Gasteiger partial charge in [0.05, 0.1) is 27.0 Å². The molecule has 1 aromatic heterocycles. The summed E-state index contributed by atoms with van der Waals surface area (Å²) >= 11 is 1.52. The molecule has 1 aliphatic carbocycles. The van der Waals surface area contributed by atoms with Crippen molar-refractivity contribution in [3.63, 3.8) is 0 Å². The number of hydrogen-bond acceptors (Lipinski definition) is 6. The number of amides is 1. The molecule has 1 heterocycles. The molecule has 34 heavy (non-hydrogen) atoms. The Morgan fingerprint density at radius 2 is 1.71 bits per heavy atom. The lowest BCUT2D eigenvalue weighted by atomic mass is 9.88. The third-order valence-electron chi connectivity index (χ3n) is 6.40. The molecular weight excluding hydrogens is 448 g/mol. The highest BCUT2D eigenvalue weighted by molar-refractivity contribution is 7.14. The van der Waals surface area contributed by atoms with Crippen LogP contribution in [0.2, 0.25) is 0 Å². The SMILES string of the molecule is COc1ccc(-c2csc(N(CCc3ccc(OC)c(OC)c3)C(=O)C3CCCCC3)n2)cc1. The van der Waals surface area contributed by atoms with Gasteiger partial charge in [-0.15, -0.1) is 11.3 Å². The molecule has 7 heteroatoms. The van der Waals surface area contributed by atoms with Gasteiger partial charge in [0, 0.05) is 23.4 Å². The van der Waals surface area contributed by atoms with Crippen molar-refractivity contribution in [2.24, 2.45) is 5.92 Å². The zero-order valence-electron chi connectivity index (χ0n) is 20.1. The molecule has 3 aromatic rings. The van der Waals surface area contributed by atoms with Crippen LogP contribution in [0, 0.1) is 5.92 Å². The summed E-state index contributed by atoms with van der Waals surface area (Å²) in [5, 5.41) is 2.77. The highest BCUT2D eigenvalue weighted by atomic mass is 32.1. The first-order chi connectivity index (χ1) is 16.6. The van der Waals surface area contributed by atoms with Crippen molar-refractivity contribution in [3.05, 3.63) is 53.4 Å². The summed E-state index contributed by atoms with van der Waals surface area (Å²) < 4.78 is 16.1. The highest BCUT2D eigenvalue weighted by Gasteiger charge is 2.28. The highest BCUT2D eigenvalue weighted by Crippen LogP contribution is 2.33. The van der Waals surface area contributed by atoms with Crippen molar-refractivity contribution in [2.45, 2.75) is 38.5 Å². The molecule has 1 aliphatic rings. The quantitative estimate of drug-likeness (QED) is 0.376. The Balaban J connectivity index is 1.57. The van der Waals surface area contributed by atoms with E-state index in [1.54, 1.807) is 21.3 Å². The number of benzene rings is 2. The molecule has 180 valence electrons. The van der Waals surface area contributed by atoms with E-state index in [0.717, 1.165) is 53.4 Å². The van der Waals surface area contributed by atoms with Gasteiger partial charge < -0.3 is 14.2 Å². The smallest absolute Gasteiger partial charge is 0.231 e. The summed E-state index contributed by atoms with van der Waals surface area (Å²) in [5.41, 5.74) is 2.97. The molecule has 0 unspecified atom stereocenters.